The van der Waals surface area contributed by atoms with Crippen molar-refractivity contribution < 1.29 is 4.74 Å². The van der Waals surface area contributed by atoms with Crippen LogP contribution in [0.2, 0.25) is 5.02 Å². The highest BCUT2D eigenvalue weighted by Crippen LogP contribution is 2.24. The van der Waals surface area contributed by atoms with Crippen LogP contribution in [0.3, 0.4) is 0 Å². The van der Waals surface area contributed by atoms with E-state index in [-0.39, 0.29) is 6.10 Å². The lowest BCUT2D eigenvalue weighted by Crippen LogP contribution is -2.24. The predicted molar refractivity (Wildman–Crippen MR) is 73.8 cm³/mol. The smallest absolute Gasteiger partial charge is 0.0549 e. The van der Waals surface area contributed by atoms with Gasteiger partial charge in [0.1, 0.15) is 0 Å². The molecule has 0 saturated carbocycles. The average molecular weight is 256 g/mol. The zero-order valence-corrected chi connectivity index (χ0v) is 11.6. The van der Waals surface area contributed by atoms with Crippen molar-refractivity contribution in [1.82, 2.24) is 5.32 Å². The van der Waals surface area contributed by atoms with Gasteiger partial charge in [-0.1, -0.05) is 30.7 Å². The van der Waals surface area contributed by atoms with Crippen LogP contribution in [-0.2, 0) is 4.74 Å². The number of nitrogens with one attached hydrogen (secondary N) is 1. The SMILES string of the molecule is CCNCC(CC(C)OC)c1cccc(Cl)c1. The lowest BCUT2D eigenvalue weighted by molar-refractivity contribution is 0.104. The number of methoxy groups -OCH3 is 1. The second-order valence-electron chi connectivity index (χ2n) is 4.34. The first-order chi connectivity index (χ1) is 8.17. The first-order valence-corrected chi connectivity index (χ1v) is 6.54. The summed E-state index contributed by atoms with van der Waals surface area (Å²) in [6.45, 7) is 6.17. The van der Waals surface area contributed by atoms with Gasteiger partial charge in [-0.3, -0.25) is 0 Å². The molecule has 17 heavy (non-hydrogen) atoms. The molecule has 0 fully saturated rings. The largest absolute Gasteiger partial charge is 0.382 e. The van der Waals surface area contributed by atoms with E-state index in [2.05, 4.69) is 25.2 Å². The molecule has 3 heteroatoms. The highest BCUT2D eigenvalue weighted by Gasteiger charge is 2.15. The molecule has 0 aliphatic carbocycles. The van der Waals surface area contributed by atoms with Gasteiger partial charge in [0, 0.05) is 18.7 Å². The number of hydrogen-bond acceptors (Lipinski definition) is 2. The summed E-state index contributed by atoms with van der Waals surface area (Å²) in [7, 11) is 1.76. The molecule has 0 bridgehead atoms. The molecule has 1 N–H and O–H groups in total. The highest BCUT2D eigenvalue weighted by atomic mass is 35.5. The monoisotopic (exact) mass is 255 g/mol. The molecule has 96 valence electrons. The van der Waals surface area contributed by atoms with E-state index >= 15 is 0 Å². The summed E-state index contributed by atoms with van der Waals surface area (Å²) in [5.41, 5.74) is 1.28. The number of benzene rings is 1. The molecule has 0 radical (unpaired) electrons. The Morgan fingerprint density at radius 1 is 1.41 bits per heavy atom. The summed E-state index contributed by atoms with van der Waals surface area (Å²) < 4.78 is 5.35. The Morgan fingerprint density at radius 2 is 2.18 bits per heavy atom. The minimum absolute atomic E-state index is 0.262. The molecule has 0 aromatic heterocycles. The minimum atomic E-state index is 0.262. The van der Waals surface area contributed by atoms with Crippen molar-refractivity contribution in [3.8, 4) is 0 Å². The van der Waals surface area contributed by atoms with E-state index in [0.29, 0.717) is 5.92 Å². The normalized spacial score (nSPS) is 14.6. The quantitative estimate of drug-likeness (QED) is 0.806. The first-order valence-electron chi connectivity index (χ1n) is 6.16. The van der Waals surface area contributed by atoms with Crippen LogP contribution in [0.25, 0.3) is 0 Å². The summed E-state index contributed by atoms with van der Waals surface area (Å²) in [5, 5.41) is 4.20. The summed E-state index contributed by atoms with van der Waals surface area (Å²) in [6, 6.07) is 8.10. The maximum Gasteiger partial charge on any atom is 0.0549 e. The Morgan fingerprint density at radius 3 is 2.76 bits per heavy atom. The van der Waals surface area contributed by atoms with Gasteiger partial charge in [0.2, 0.25) is 0 Å². The summed E-state index contributed by atoms with van der Waals surface area (Å²) >= 11 is 6.04. The van der Waals surface area contributed by atoms with Crippen molar-refractivity contribution in [2.75, 3.05) is 20.2 Å². The van der Waals surface area contributed by atoms with Gasteiger partial charge in [-0.05, 0) is 43.5 Å². The van der Waals surface area contributed by atoms with Crippen LogP contribution in [0.4, 0.5) is 0 Å². The Hall–Kier alpha value is -0.570. The zero-order chi connectivity index (χ0) is 12.7. The molecule has 1 rings (SSSR count). The summed E-state index contributed by atoms with van der Waals surface area (Å²) in [4.78, 5) is 0. The van der Waals surface area contributed by atoms with Crippen molar-refractivity contribution in [3.05, 3.63) is 34.9 Å². The van der Waals surface area contributed by atoms with Crippen molar-refractivity contribution in [2.45, 2.75) is 32.3 Å². The van der Waals surface area contributed by atoms with Gasteiger partial charge in [-0.15, -0.1) is 0 Å². The molecule has 2 atom stereocenters. The number of hydrogen-bond donors (Lipinski definition) is 1. The van der Waals surface area contributed by atoms with Crippen LogP contribution in [-0.4, -0.2) is 26.3 Å². The van der Waals surface area contributed by atoms with Crippen molar-refractivity contribution >= 4 is 11.6 Å². The molecule has 0 aliphatic heterocycles. The molecular formula is C14H22ClNO. The molecule has 0 heterocycles. The predicted octanol–water partition coefficient (Wildman–Crippen LogP) is 3.46. The number of rotatable bonds is 7. The molecule has 1 aromatic carbocycles. The molecular weight excluding hydrogens is 234 g/mol. The van der Waals surface area contributed by atoms with Crippen molar-refractivity contribution in [2.24, 2.45) is 0 Å². The van der Waals surface area contributed by atoms with Crippen LogP contribution in [0.15, 0.2) is 24.3 Å². The maximum absolute atomic E-state index is 6.04. The third-order valence-electron chi connectivity index (χ3n) is 2.98. The van der Waals surface area contributed by atoms with E-state index in [1.165, 1.54) is 5.56 Å². The van der Waals surface area contributed by atoms with E-state index in [0.717, 1.165) is 24.5 Å². The lowest BCUT2D eigenvalue weighted by Gasteiger charge is -2.21. The zero-order valence-electron chi connectivity index (χ0n) is 10.9. The van der Waals surface area contributed by atoms with Gasteiger partial charge in [0.15, 0.2) is 0 Å². The third kappa shape index (κ3) is 5.07. The molecule has 0 aliphatic rings. The summed E-state index contributed by atoms with van der Waals surface area (Å²) in [5.74, 6) is 0.448. The van der Waals surface area contributed by atoms with Crippen LogP contribution >= 0.6 is 11.6 Å². The molecule has 1 aromatic rings. The Labute approximate surface area is 109 Å². The van der Waals surface area contributed by atoms with Crippen LogP contribution in [0, 0.1) is 0 Å². The molecule has 0 spiro atoms. The van der Waals surface area contributed by atoms with Crippen molar-refractivity contribution in [1.29, 1.82) is 0 Å². The van der Waals surface area contributed by atoms with Crippen LogP contribution in [0.1, 0.15) is 31.7 Å². The van der Waals surface area contributed by atoms with Crippen LogP contribution in [0.5, 0.6) is 0 Å². The Kier molecular flexibility index (Phi) is 6.56. The number of ether oxygens (including phenoxy) is 1. The van der Waals surface area contributed by atoms with Gasteiger partial charge in [0.05, 0.1) is 6.10 Å². The van der Waals surface area contributed by atoms with E-state index < -0.39 is 0 Å². The van der Waals surface area contributed by atoms with Gasteiger partial charge in [0.25, 0.3) is 0 Å². The fourth-order valence-electron chi connectivity index (χ4n) is 1.91. The van der Waals surface area contributed by atoms with E-state index in [9.17, 15) is 0 Å². The van der Waals surface area contributed by atoms with Gasteiger partial charge in [-0.25, -0.2) is 0 Å². The van der Waals surface area contributed by atoms with Gasteiger partial charge in [-0.2, -0.15) is 0 Å². The van der Waals surface area contributed by atoms with Gasteiger partial charge >= 0.3 is 0 Å². The first kappa shape index (κ1) is 14.5. The maximum atomic E-state index is 6.04. The minimum Gasteiger partial charge on any atom is -0.382 e. The summed E-state index contributed by atoms with van der Waals surface area (Å²) in [6.07, 6.45) is 1.27. The van der Waals surface area contributed by atoms with E-state index in [4.69, 9.17) is 16.3 Å². The second-order valence-corrected chi connectivity index (χ2v) is 4.78. The number of likely N-dealkylation sites (N-methyl/N-ethyl adjacent to an activating group) is 1. The van der Waals surface area contributed by atoms with Crippen LogP contribution < -0.4 is 5.32 Å². The van der Waals surface area contributed by atoms with E-state index in [1.54, 1.807) is 7.11 Å². The Bertz CT molecular complexity index is 330. The fraction of sp³-hybridized carbons (Fsp3) is 0.571. The third-order valence-corrected chi connectivity index (χ3v) is 3.21. The average Bonchev–Trinajstić information content (AvgIpc) is 2.34. The molecule has 2 nitrogen and oxygen atoms in total. The standard InChI is InChI=1S/C14H22ClNO/c1-4-16-10-13(8-11(2)17-3)12-6-5-7-14(15)9-12/h5-7,9,11,13,16H,4,8,10H2,1-3H3. The van der Waals surface area contributed by atoms with Crippen molar-refractivity contribution in [3.63, 3.8) is 0 Å². The molecule has 2 unspecified atom stereocenters. The number of halogens is 1. The Balaban J connectivity index is 2.74. The van der Waals surface area contributed by atoms with E-state index in [1.807, 2.05) is 18.2 Å². The lowest BCUT2D eigenvalue weighted by atomic mass is 9.93. The highest BCUT2D eigenvalue weighted by molar-refractivity contribution is 6.30. The second kappa shape index (κ2) is 7.70. The van der Waals surface area contributed by atoms with Gasteiger partial charge < -0.3 is 10.1 Å². The topological polar surface area (TPSA) is 21.3 Å². The fourth-order valence-corrected chi connectivity index (χ4v) is 2.11. The molecule has 0 amide bonds. The molecule has 0 saturated heterocycles.